The van der Waals surface area contributed by atoms with Crippen LogP contribution < -0.4 is 5.32 Å². The van der Waals surface area contributed by atoms with E-state index in [-0.39, 0.29) is 36.3 Å². The molecule has 1 heterocycles. The lowest BCUT2D eigenvalue weighted by atomic mass is 9.79. The van der Waals surface area contributed by atoms with Gasteiger partial charge >= 0.3 is 0 Å². The number of aliphatic hydroxyl groups excluding tert-OH is 1. The van der Waals surface area contributed by atoms with Gasteiger partial charge in [0.25, 0.3) is 0 Å². The van der Waals surface area contributed by atoms with Crippen molar-refractivity contribution in [3.05, 3.63) is 34.6 Å². The lowest BCUT2D eigenvalue weighted by molar-refractivity contribution is 0.0304. The predicted octanol–water partition coefficient (Wildman–Crippen LogP) is 2.87. The van der Waals surface area contributed by atoms with Crippen LogP contribution in [0, 0.1) is 11.2 Å². The second kappa shape index (κ2) is 7.75. The van der Waals surface area contributed by atoms with Crippen LogP contribution in [0.4, 0.5) is 4.39 Å². The molecule has 1 aliphatic rings. The highest BCUT2D eigenvalue weighted by atomic mass is 35.5. The Morgan fingerprint density at radius 3 is 2.48 bits per heavy atom. The maximum Gasteiger partial charge on any atom is 0.125 e. The van der Waals surface area contributed by atoms with Gasteiger partial charge in [-0.2, -0.15) is 0 Å². The van der Waals surface area contributed by atoms with E-state index in [0.717, 1.165) is 31.7 Å². The number of hydrogen-bond donors (Lipinski definition) is 2. The average Bonchev–Trinajstić information content (AvgIpc) is 2.39. The molecule has 21 heavy (non-hydrogen) atoms. The lowest BCUT2D eigenvalue weighted by Gasteiger charge is -2.43. The van der Waals surface area contributed by atoms with Crippen LogP contribution in [0.15, 0.2) is 18.2 Å². The highest BCUT2D eigenvalue weighted by molar-refractivity contribution is 6.30. The average molecular weight is 337 g/mol. The summed E-state index contributed by atoms with van der Waals surface area (Å²) in [6.45, 7) is 7.60. The minimum Gasteiger partial charge on any atom is -0.396 e. The molecular formula is C15H23Cl2FN2O. The zero-order valence-corrected chi connectivity index (χ0v) is 14.0. The van der Waals surface area contributed by atoms with Crippen molar-refractivity contribution in [1.82, 2.24) is 10.2 Å². The predicted molar refractivity (Wildman–Crippen MR) is 86.7 cm³/mol. The largest absolute Gasteiger partial charge is 0.396 e. The van der Waals surface area contributed by atoms with E-state index in [2.05, 4.69) is 10.2 Å². The molecule has 3 nitrogen and oxygen atoms in total. The summed E-state index contributed by atoms with van der Waals surface area (Å²) < 4.78 is 13.7. The van der Waals surface area contributed by atoms with Crippen molar-refractivity contribution in [2.24, 2.45) is 5.41 Å². The number of nitrogens with one attached hydrogen (secondary N) is 1. The first-order chi connectivity index (χ1) is 9.44. The molecule has 1 aliphatic heterocycles. The van der Waals surface area contributed by atoms with Gasteiger partial charge in [-0.1, -0.05) is 25.4 Å². The molecule has 0 bridgehead atoms. The third-order valence-electron chi connectivity index (χ3n) is 3.87. The van der Waals surface area contributed by atoms with Crippen molar-refractivity contribution in [3.63, 3.8) is 0 Å². The zero-order valence-electron chi connectivity index (χ0n) is 12.4. The van der Waals surface area contributed by atoms with Gasteiger partial charge in [0.05, 0.1) is 0 Å². The molecule has 120 valence electrons. The van der Waals surface area contributed by atoms with Gasteiger partial charge in [-0.05, 0) is 23.8 Å². The number of halogens is 3. The molecule has 2 rings (SSSR count). The summed E-state index contributed by atoms with van der Waals surface area (Å²) in [7, 11) is 0. The van der Waals surface area contributed by atoms with Crippen molar-refractivity contribution in [2.45, 2.75) is 19.9 Å². The quantitative estimate of drug-likeness (QED) is 0.887. The molecule has 1 atom stereocenters. The van der Waals surface area contributed by atoms with Crippen LogP contribution in [0.5, 0.6) is 0 Å². The normalized spacial score (nSPS) is 18.1. The van der Waals surface area contributed by atoms with Crippen LogP contribution in [0.25, 0.3) is 0 Å². The van der Waals surface area contributed by atoms with Crippen LogP contribution in [0.1, 0.15) is 25.5 Å². The smallest absolute Gasteiger partial charge is 0.125 e. The number of nitrogens with zero attached hydrogens (tertiary/aromatic N) is 1. The number of benzene rings is 1. The number of rotatable bonds is 4. The van der Waals surface area contributed by atoms with E-state index in [1.807, 2.05) is 13.8 Å². The zero-order chi connectivity index (χ0) is 14.8. The SMILES string of the molecule is CC(C)(CO)[C@H](c1cc(F)cc(Cl)c1)N1CCNCC1.Cl. The minimum absolute atomic E-state index is 0. The summed E-state index contributed by atoms with van der Waals surface area (Å²) in [5, 5.41) is 13.4. The van der Waals surface area contributed by atoms with Gasteiger partial charge in [0.2, 0.25) is 0 Å². The van der Waals surface area contributed by atoms with E-state index in [9.17, 15) is 9.50 Å². The van der Waals surface area contributed by atoms with Crippen LogP contribution in [-0.2, 0) is 0 Å². The summed E-state index contributed by atoms with van der Waals surface area (Å²) in [6, 6.07) is 4.58. The van der Waals surface area contributed by atoms with Crippen molar-refractivity contribution in [2.75, 3.05) is 32.8 Å². The Morgan fingerprint density at radius 1 is 1.33 bits per heavy atom. The molecule has 0 spiro atoms. The van der Waals surface area contributed by atoms with E-state index in [0.29, 0.717) is 5.02 Å². The van der Waals surface area contributed by atoms with Gasteiger partial charge < -0.3 is 10.4 Å². The fourth-order valence-electron chi connectivity index (χ4n) is 2.92. The van der Waals surface area contributed by atoms with Crippen LogP contribution >= 0.6 is 24.0 Å². The number of aliphatic hydroxyl groups is 1. The van der Waals surface area contributed by atoms with Crippen molar-refractivity contribution in [3.8, 4) is 0 Å². The Labute approximate surface area is 136 Å². The Morgan fingerprint density at radius 2 is 1.95 bits per heavy atom. The van der Waals surface area contributed by atoms with Crippen LogP contribution in [0.2, 0.25) is 5.02 Å². The molecular weight excluding hydrogens is 314 g/mol. The lowest BCUT2D eigenvalue weighted by Crippen LogP contribution is -2.49. The van der Waals surface area contributed by atoms with Gasteiger partial charge in [0.15, 0.2) is 0 Å². The molecule has 0 radical (unpaired) electrons. The molecule has 2 N–H and O–H groups in total. The second-order valence-corrected chi connectivity index (χ2v) is 6.47. The van der Waals surface area contributed by atoms with E-state index >= 15 is 0 Å². The first-order valence-electron chi connectivity index (χ1n) is 6.95. The fourth-order valence-corrected chi connectivity index (χ4v) is 3.15. The highest BCUT2D eigenvalue weighted by Gasteiger charge is 2.35. The van der Waals surface area contributed by atoms with Gasteiger partial charge in [0, 0.05) is 49.3 Å². The van der Waals surface area contributed by atoms with E-state index < -0.39 is 0 Å². The monoisotopic (exact) mass is 336 g/mol. The van der Waals surface area contributed by atoms with Gasteiger partial charge in [-0.25, -0.2) is 4.39 Å². The summed E-state index contributed by atoms with van der Waals surface area (Å²) in [4.78, 5) is 2.29. The molecule has 6 heteroatoms. The highest BCUT2D eigenvalue weighted by Crippen LogP contribution is 2.39. The maximum atomic E-state index is 13.7. The Hall–Kier alpha value is -0.390. The Balaban J connectivity index is 0.00000220. The topological polar surface area (TPSA) is 35.5 Å². The molecule has 0 aromatic heterocycles. The van der Waals surface area contributed by atoms with Crippen LogP contribution in [-0.4, -0.2) is 42.8 Å². The van der Waals surface area contributed by atoms with E-state index in [1.54, 1.807) is 6.07 Å². The Kier molecular flexibility index (Phi) is 6.88. The summed E-state index contributed by atoms with van der Waals surface area (Å²) >= 11 is 5.99. The van der Waals surface area contributed by atoms with E-state index in [4.69, 9.17) is 11.6 Å². The standard InChI is InChI=1S/C15H22ClFN2O.ClH/c1-15(2,10-20)14(19-5-3-18-4-6-19)11-7-12(16)9-13(17)8-11;/h7-9,14,18,20H,3-6,10H2,1-2H3;1H/t14-;/m0./s1. The second-order valence-electron chi connectivity index (χ2n) is 6.04. The third kappa shape index (κ3) is 4.54. The molecule has 0 unspecified atom stereocenters. The molecule has 1 aromatic rings. The van der Waals surface area contributed by atoms with Gasteiger partial charge in [-0.15, -0.1) is 12.4 Å². The molecule has 0 saturated carbocycles. The third-order valence-corrected chi connectivity index (χ3v) is 4.08. The Bertz CT molecular complexity index is 445. The van der Waals surface area contributed by atoms with Gasteiger partial charge in [0.1, 0.15) is 5.82 Å². The molecule has 0 aliphatic carbocycles. The number of hydrogen-bond acceptors (Lipinski definition) is 3. The van der Waals surface area contributed by atoms with Crippen LogP contribution in [0.3, 0.4) is 0 Å². The van der Waals surface area contributed by atoms with Gasteiger partial charge in [-0.3, -0.25) is 4.90 Å². The molecule has 0 amide bonds. The van der Waals surface area contributed by atoms with E-state index in [1.165, 1.54) is 12.1 Å². The van der Waals surface area contributed by atoms with Crippen molar-refractivity contribution < 1.29 is 9.50 Å². The molecule has 1 fully saturated rings. The molecule has 1 saturated heterocycles. The summed E-state index contributed by atoms with van der Waals surface area (Å²) in [5.41, 5.74) is 0.463. The summed E-state index contributed by atoms with van der Waals surface area (Å²) in [5.74, 6) is -0.332. The maximum absolute atomic E-state index is 13.7. The summed E-state index contributed by atoms with van der Waals surface area (Å²) in [6.07, 6.45) is 0. The molecule has 1 aromatic carbocycles. The van der Waals surface area contributed by atoms with Crippen molar-refractivity contribution in [1.29, 1.82) is 0 Å². The first-order valence-corrected chi connectivity index (χ1v) is 7.33. The fraction of sp³-hybridized carbons (Fsp3) is 0.600. The minimum atomic E-state index is -0.367. The van der Waals surface area contributed by atoms with Crippen molar-refractivity contribution >= 4 is 24.0 Å². The number of piperazine rings is 1. The first kappa shape index (κ1) is 18.7.